The second kappa shape index (κ2) is 16.1. The van der Waals surface area contributed by atoms with Crippen LogP contribution in [0, 0.1) is 0 Å². The fourth-order valence-corrected chi connectivity index (χ4v) is 10.7. The molecule has 0 saturated heterocycles. The van der Waals surface area contributed by atoms with Crippen molar-refractivity contribution in [3.63, 3.8) is 0 Å². The first-order chi connectivity index (χ1) is 34.7. The summed E-state index contributed by atoms with van der Waals surface area (Å²) < 4.78 is 4.92. The lowest BCUT2D eigenvalue weighted by atomic mass is 9.99. The average molecular weight is 892 g/mol. The van der Waals surface area contributed by atoms with E-state index >= 15 is 0 Å². The Labute approximate surface area is 403 Å². The molecule has 0 unspecified atom stereocenters. The van der Waals surface area contributed by atoms with Crippen LogP contribution in [0.1, 0.15) is 0 Å². The lowest BCUT2D eigenvalue weighted by molar-refractivity contribution is 1.07. The van der Waals surface area contributed by atoms with Crippen LogP contribution in [0.3, 0.4) is 0 Å². The predicted molar refractivity (Wildman–Crippen MR) is 291 cm³/mol. The molecular formula is C65H41N5. The first-order valence-electron chi connectivity index (χ1n) is 23.8. The summed E-state index contributed by atoms with van der Waals surface area (Å²) in [4.78, 5) is 15.7. The van der Waals surface area contributed by atoms with E-state index in [2.05, 4.69) is 246 Å². The maximum atomic E-state index is 5.27. The number of hydrogen-bond donors (Lipinski definition) is 0. The van der Waals surface area contributed by atoms with Crippen molar-refractivity contribution in [3.05, 3.63) is 249 Å². The van der Waals surface area contributed by atoms with E-state index in [-0.39, 0.29) is 0 Å². The van der Waals surface area contributed by atoms with Crippen molar-refractivity contribution in [1.82, 2.24) is 24.1 Å². The van der Waals surface area contributed by atoms with Crippen LogP contribution >= 0.6 is 0 Å². The van der Waals surface area contributed by atoms with Gasteiger partial charge in [0.05, 0.1) is 27.8 Å². The van der Waals surface area contributed by atoms with Gasteiger partial charge in [-0.2, -0.15) is 0 Å². The van der Waals surface area contributed by atoms with Gasteiger partial charge in [0.1, 0.15) is 0 Å². The van der Waals surface area contributed by atoms with E-state index in [0.717, 1.165) is 61.4 Å². The first-order valence-corrected chi connectivity index (χ1v) is 23.8. The Hall–Kier alpha value is -9.45. The van der Waals surface area contributed by atoms with E-state index in [1.54, 1.807) is 0 Å². The predicted octanol–water partition coefficient (Wildman–Crippen LogP) is 16.7. The van der Waals surface area contributed by atoms with E-state index in [4.69, 9.17) is 15.0 Å². The molecule has 0 aliphatic rings. The Kier molecular flexibility index (Phi) is 9.14. The molecular weight excluding hydrogens is 851 g/mol. The fourth-order valence-electron chi connectivity index (χ4n) is 10.7. The molecule has 3 aromatic heterocycles. The van der Waals surface area contributed by atoms with Gasteiger partial charge in [0.2, 0.25) is 0 Å². The summed E-state index contributed by atoms with van der Waals surface area (Å²) in [5, 5.41) is 9.78. The highest BCUT2D eigenvalue weighted by Crippen LogP contribution is 2.43. The molecule has 14 rings (SSSR count). The second-order valence-electron chi connectivity index (χ2n) is 18.0. The largest absolute Gasteiger partial charge is 0.307 e. The van der Waals surface area contributed by atoms with E-state index in [0.29, 0.717) is 17.5 Å². The topological polar surface area (TPSA) is 48.5 Å². The lowest BCUT2D eigenvalue weighted by Crippen LogP contribution is -2.02. The van der Waals surface area contributed by atoms with Crippen LogP contribution in [0.5, 0.6) is 0 Å². The van der Waals surface area contributed by atoms with Crippen LogP contribution < -0.4 is 0 Å². The minimum absolute atomic E-state index is 0.605. The van der Waals surface area contributed by atoms with E-state index in [1.807, 2.05) is 12.1 Å². The second-order valence-corrected chi connectivity index (χ2v) is 18.0. The molecule has 3 heterocycles. The normalized spacial score (nSPS) is 11.7. The molecule has 5 nitrogen and oxygen atoms in total. The summed E-state index contributed by atoms with van der Waals surface area (Å²) in [5.41, 5.74) is 14.0. The minimum atomic E-state index is 0.605. The summed E-state index contributed by atoms with van der Waals surface area (Å²) in [7, 11) is 0. The van der Waals surface area contributed by atoms with Crippen molar-refractivity contribution in [2.45, 2.75) is 0 Å². The van der Waals surface area contributed by atoms with Gasteiger partial charge in [-0.3, -0.25) is 0 Å². The molecule has 0 atom stereocenters. The number of aromatic nitrogens is 5. The van der Waals surface area contributed by atoms with Crippen LogP contribution in [0.4, 0.5) is 0 Å². The summed E-state index contributed by atoms with van der Waals surface area (Å²) in [6, 6.07) is 88.8. The first kappa shape index (κ1) is 39.7. The van der Waals surface area contributed by atoms with Gasteiger partial charge >= 0.3 is 0 Å². The zero-order chi connectivity index (χ0) is 46.1. The molecule has 5 heteroatoms. The van der Waals surface area contributed by atoms with Crippen molar-refractivity contribution in [2.24, 2.45) is 0 Å². The molecule has 14 aromatic rings. The Morgan fingerprint density at radius 3 is 1.56 bits per heavy atom. The highest BCUT2D eigenvalue weighted by Gasteiger charge is 2.22. The van der Waals surface area contributed by atoms with Crippen LogP contribution in [0.2, 0.25) is 0 Å². The van der Waals surface area contributed by atoms with Gasteiger partial charge in [-0.05, 0) is 98.4 Å². The number of para-hydroxylation sites is 2. The average Bonchev–Trinajstić information content (AvgIpc) is 3.95. The van der Waals surface area contributed by atoms with Gasteiger partial charge in [-0.25, -0.2) is 15.0 Å². The van der Waals surface area contributed by atoms with E-state index in [1.165, 1.54) is 54.1 Å². The van der Waals surface area contributed by atoms with Gasteiger partial charge in [0, 0.05) is 43.9 Å². The highest BCUT2D eigenvalue weighted by molar-refractivity contribution is 6.23. The summed E-state index contributed by atoms with van der Waals surface area (Å²) in [6.45, 7) is 0. The maximum Gasteiger partial charge on any atom is 0.164 e. The summed E-state index contributed by atoms with van der Waals surface area (Å²) in [5.74, 6) is 1.84. The zero-order valence-corrected chi connectivity index (χ0v) is 37.9. The Bertz CT molecular complexity index is 4320. The minimum Gasteiger partial charge on any atom is -0.307 e. The van der Waals surface area contributed by atoms with Gasteiger partial charge in [-0.15, -0.1) is 0 Å². The molecule has 0 N–H and O–H groups in total. The van der Waals surface area contributed by atoms with Crippen LogP contribution in [0.25, 0.3) is 133 Å². The monoisotopic (exact) mass is 891 g/mol. The molecule has 0 bridgehead atoms. The number of benzene rings is 11. The van der Waals surface area contributed by atoms with Gasteiger partial charge in [0.15, 0.2) is 17.5 Å². The number of nitrogens with zero attached hydrogens (tertiary/aromatic N) is 5. The Morgan fingerprint density at radius 2 is 0.814 bits per heavy atom. The molecule has 0 spiro atoms. The van der Waals surface area contributed by atoms with Gasteiger partial charge in [0.25, 0.3) is 0 Å². The number of rotatable bonds is 7. The standard InChI is InChI=1S/C65H41N5/c1-3-16-42(17-4-1)43-30-32-46(33-31-43)63-66-64(68-65(67-63)54-25-12-11-23-51(54)44-18-5-2-6-19-44)47-34-37-50(38-35-47)69-60-41-49-22-8-7-21-48(49)40-56(60)53-27-15-29-59(62(53)69)70-57-28-14-13-26-55(57)61-52-24-10-9-20-45(52)36-39-58(61)70/h1-41H. The molecule has 0 saturated carbocycles. The fraction of sp³-hybridized carbons (Fsp3) is 0. The molecule has 11 aromatic carbocycles. The van der Waals surface area contributed by atoms with Crippen molar-refractivity contribution in [2.75, 3.05) is 0 Å². The summed E-state index contributed by atoms with van der Waals surface area (Å²) >= 11 is 0. The van der Waals surface area contributed by atoms with Crippen molar-refractivity contribution < 1.29 is 0 Å². The third kappa shape index (κ3) is 6.44. The molecule has 326 valence electrons. The van der Waals surface area contributed by atoms with Crippen LogP contribution in [0.15, 0.2) is 249 Å². The van der Waals surface area contributed by atoms with Gasteiger partial charge in [-0.1, -0.05) is 194 Å². The van der Waals surface area contributed by atoms with Gasteiger partial charge < -0.3 is 9.13 Å². The van der Waals surface area contributed by atoms with Crippen LogP contribution in [-0.2, 0) is 0 Å². The number of hydrogen-bond acceptors (Lipinski definition) is 3. The molecule has 0 radical (unpaired) electrons. The lowest BCUT2D eigenvalue weighted by Gasteiger charge is -2.15. The van der Waals surface area contributed by atoms with E-state index < -0.39 is 0 Å². The molecule has 0 amide bonds. The third-order valence-electron chi connectivity index (χ3n) is 14.0. The van der Waals surface area contributed by atoms with Crippen molar-refractivity contribution >= 4 is 65.2 Å². The summed E-state index contributed by atoms with van der Waals surface area (Å²) in [6.07, 6.45) is 0. The maximum absolute atomic E-state index is 5.27. The Balaban J connectivity index is 0.973. The molecule has 0 aliphatic heterocycles. The molecule has 0 fully saturated rings. The quantitative estimate of drug-likeness (QED) is 0.160. The zero-order valence-electron chi connectivity index (χ0n) is 37.9. The SMILES string of the molecule is c1ccc(-c2ccc(-c3nc(-c4ccc(-n5c6cc7ccccc7cc6c6cccc(-n7c8ccccc8c8c9ccccc9ccc87)c65)cc4)nc(-c4ccccc4-c4ccccc4)n3)cc2)cc1. The number of fused-ring (bicyclic) bond motifs is 9. The van der Waals surface area contributed by atoms with Crippen LogP contribution in [-0.4, -0.2) is 24.1 Å². The smallest absolute Gasteiger partial charge is 0.164 e. The third-order valence-corrected chi connectivity index (χ3v) is 14.0. The molecule has 0 aliphatic carbocycles. The van der Waals surface area contributed by atoms with Crippen molar-refractivity contribution in [3.8, 4) is 67.8 Å². The highest BCUT2D eigenvalue weighted by atomic mass is 15.1. The van der Waals surface area contributed by atoms with Crippen molar-refractivity contribution in [1.29, 1.82) is 0 Å². The molecule has 70 heavy (non-hydrogen) atoms. The van der Waals surface area contributed by atoms with E-state index in [9.17, 15) is 0 Å². The Morgan fingerprint density at radius 1 is 0.271 bits per heavy atom.